The second-order valence-electron chi connectivity index (χ2n) is 7.50. The fourth-order valence-electron chi connectivity index (χ4n) is 2.95. The Hall–Kier alpha value is -1.96. The zero-order valence-corrected chi connectivity index (χ0v) is 15.2. The maximum Gasteiger partial charge on any atom is 0.494 e. The molecule has 0 amide bonds. The Morgan fingerprint density at radius 3 is 2.29 bits per heavy atom. The maximum atomic E-state index is 6.15. The monoisotopic (exact) mass is 322 g/mol. The van der Waals surface area contributed by atoms with Crippen LogP contribution in [-0.4, -0.2) is 18.3 Å². The van der Waals surface area contributed by atoms with Gasteiger partial charge in [0.2, 0.25) is 0 Å². The molecule has 4 heteroatoms. The minimum atomic E-state index is -0.389. The minimum Gasteiger partial charge on any atom is -0.455 e. The van der Waals surface area contributed by atoms with Crippen molar-refractivity contribution in [2.45, 2.75) is 52.7 Å². The summed E-state index contributed by atoms with van der Waals surface area (Å²) >= 11 is 0. The van der Waals surface area contributed by atoms with Crippen molar-refractivity contribution in [2.24, 2.45) is 0 Å². The van der Waals surface area contributed by atoms with Crippen molar-refractivity contribution in [3.8, 4) is 12.3 Å². The van der Waals surface area contributed by atoms with Crippen molar-refractivity contribution < 1.29 is 13.7 Å². The highest BCUT2D eigenvalue weighted by atomic mass is 16.7. The molecule has 0 spiro atoms. The third-order valence-electron chi connectivity index (χ3n) is 4.98. The molecule has 124 valence electrons. The van der Waals surface area contributed by atoms with E-state index in [2.05, 4.69) is 53.5 Å². The molecule has 1 fully saturated rings. The van der Waals surface area contributed by atoms with Gasteiger partial charge in [-0.25, -0.2) is 0 Å². The van der Waals surface area contributed by atoms with Crippen LogP contribution in [0.3, 0.4) is 0 Å². The zero-order valence-electron chi connectivity index (χ0n) is 15.2. The van der Waals surface area contributed by atoms with E-state index >= 15 is 0 Å². The summed E-state index contributed by atoms with van der Waals surface area (Å²) in [6, 6.07) is 6.02. The summed E-state index contributed by atoms with van der Waals surface area (Å²) < 4.78 is 18.2. The molecule has 2 heterocycles. The molecule has 3 rings (SSSR count). The number of benzene rings is 1. The molecule has 1 aromatic heterocycles. The van der Waals surface area contributed by atoms with E-state index in [1.54, 1.807) is 6.08 Å². The first-order valence-electron chi connectivity index (χ1n) is 8.18. The quantitative estimate of drug-likeness (QED) is 0.597. The number of hydrogen-bond acceptors (Lipinski definition) is 3. The Bertz CT molecular complexity index is 937. The number of hydrogen-bond donors (Lipinski definition) is 0. The zero-order chi connectivity index (χ0) is 17.7. The first kappa shape index (κ1) is 16.9. The van der Waals surface area contributed by atoms with Crippen LogP contribution in [0.15, 0.2) is 22.6 Å². The Labute approximate surface area is 143 Å². The Balaban J connectivity index is 2.18. The molecule has 0 atom stereocenters. The van der Waals surface area contributed by atoms with Gasteiger partial charge in [0.15, 0.2) is 0 Å². The average molecular weight is 322 g/mol. The van der Waals surface area contributed by atoms with Crippen LogP contribution in [0.2, 0.25) is 0 Å². The van der Waals surface area contributed by atoms with Crippen LogP contribution in [0, 0.1) is 12.3 Å². The molecule has 1 aliphatic heterocycles. The second-order valence-corrected chi connectivity index (χ2v) is 7.50. The highest BCUT2D eigenvalue weighted by molar-refractivity contribution is 6.62. The molecular weight excluding hydrogens is 299 g/mol. The molecule has 1 saturated heterocycles. The standard InChI is InChI=1S/C20H23BO3/c1-8-9-17-18(13(2)3)15-12-14(10-11-16(15)22-17)21-23-19(4,5)20(6,7)24-21/h1,9-12H,2-7H3/b17-9+. The van der Waals surface area contributed by atoms with Crippen LogP contribution in [0.1, 0.15) is 41.5 Å². The van der Waals surface area contributed by atoms with Gasteiger partial charge in [0.25, 0.3) is 0 Å². The number of furan rings is 1. The normalized spacial score (nSPS) is 19.7. The van der Waals surface area contributed by atoms with Crippen LogP contribution < -0.4 is 16.1 Å². The van der Waals surface area contributed by atoms with Crippen molar-refractivity contribution in [3.63, 3.8) is 0 Å². The summed E-state index contributed by atoms with van der Waals surface area (Å²) in [4.78, 5) is 0. The van der Waals surface area contributed by atoms with E-state index in [9.17, 15) is 0 Å². The molecule has 1 aliphatic rings. The first-order valence-corrected chi connectivity index (χ1v) is 8.18. The maximum absolute atomic E-state index is 6.15. The van der Waals surface area contributed by atoms with Gasteiger partial charge in [-0.2, -0.15) is 0 Å². The summed E-state index contributed by atoms with van der Waals surface area (Å²) in [7, 11) is -0.389. The SMILES string of the molecule is C#C/C=c1/oc2ccc(B3OC(C)(C)C(C)(C)O3)cc2c1=C(C)C. The lowest BCUT2D eigenvalue weighted by atomic mass is 9.78. The topological polar surface area (TPSA) is 31.6 Å². The Kier molecular flexibility index (Phi) is 3.90. The smallest absolute Gasteiger partial charge is 0.455 e. The first-order chi connectivity index (χ1) is 11.2. The third-order valence-corrected chi connectivity index (χ3v) is 4.98. The van der Waals surface area contributed by atoms with E-state index in [1.165, 1.54) is 0 Å². The van der Waals surface area contributed by atoms with Crippen molar-refractivity contribution >= 4 is 35.2 Å². The molecule has 0 saturated carbocycles. The summed E-state index contributed by atoms with van der Waals surface area (Å²) in [5, 5.41) is 2.07. The lowest BCUT2D eigenvalue weighted by molar-refractivity contribution is 0.00578. The molecule has 3 nitrogen and oxygen atoms in total. The van der Waals surface area contributed by atoms with Gasteiger partial charge in [-0.15, -0.1) is 6.42 Å². The highest BCUT2D eigenvalue weighted by Gasteiger charge is 2.51. The summed E-state index contributed by atoms with van der Waals surface area (Å²) in [6.07, 6.45) is 7.09. The largest absolute Gasteiger partial charge is 0.494 e. The number of fused-ring (bicyclic) bond motifs is 1. The van der Waals surface area contributed by atoms with Gasteiger partial charge in [-0.05, 0) is 53.1 Å². The Morgan fingerprint density at radius 2 is 1.75 bits per heavy atom. The lowest BCUT2D eigenvalue weighted by Crippen LogP contribution is -2.41. The highest BCUT2D eigenvalue weighted by Crippen LogP contribution is 2.36. The molecule has 0 aliphatic carbocycles. The van der Waals surface area contributed by atoms with Gasteiger partial charge in [-0.1, -0.05) is 23.6 Å². The van der Waals surface area contributed by atoms with Crippen molar-refractivity contribution in [2.75, 3.05) is 0 Å². The van der Waals surface area contributed by atoms with E-state index in [4.69, 9.17) is 20.1 Å². The molecule has 1 aromatic carbocycles. The molecule has 2 aromatic rings. The van der Waals surface area contributed by atoms with E-state index in [0.29, 0.717) is 0 Å². The van der Waals surface area contributed by atoms with Crippen molar-refractivity contribution in [3.05, 3.63) is 28.8 Å². The van der Waals surface area contributed by atoms with Gasteiger partial charge >= 0.3 is 7.12 Å². The number of terminal acetylenes is 1. The predicted octanol–water partition coefficient (Wildman–Crippen LogP) is 2.34. The summed E-state index contributed by atoms with van der Waals surface area (Å²) in [5.74, 6) is 2.55. The van der Waals surface area contributed by atoms with Crippen LogP contribution in [-0.2, 0) is 9.31 Å². The van der Waals surface area contributed by atoms with Crippen LogP contribution in [0.25, 0.3) is 22.6 Å². The summed E-state index contributed by atoms with van der Waals surface area (Å²) in [5.41, 5.74) is 2.95. The molecule has 0 N–H and O–H groups in total. The molecule has 0 radical (unpaired) electrons. The van der Waals surface area contributed by atoms with Gasteiger partial charge in [0, 0.05) is 16.7 Å². The van der Waals surface area contributed by atoms with E-state index < -0.39 is 0 Å². The van der Waals surface area contributed by atoms with Gasteiger partial charge < -0.3 is 13.7 Å². The second kappa shape index (κ2) is 5.55. The number of rotatable bonds is 1. The van der Waals surface area contributed by atoms with Crippen molar-refractivity contribution in [1.29, 1.82) is 0 Å². The molecular formula is C20H23BO3. The van der Waals surface area contributed by atoms with E-state index in [0.717, 1.165) is 32.6 Å². The van der Waals surface area contributed by atoms with Gasteiger partial charge in [-0.3, -0.25) is 0 Å². The molecule has 0 bridgehead atoms. The van der Waals surface area contributed by atoms with Crippen LogP contribution in [0.4, 0.5) is 0 Å². The van der Waals surface area contributed by atoms with E-state index in [-0.39, 0.29) is 18.3 Å². The summed E-state index contributed by atoms with van der Waals surface area (Å²) in [6.45, 7) is 12.3. The van der Waals surface area contributed by atoms with E-state index in [1.807, 2.05) is 12.1 Å². The molecule has 24 heavy (non-hydrogen) atoms. The lowest BCUT2D eigenvalue weighted by Gasteiger charge is -2.32. The van der Waals surface area contributed by atoms with Gasteiger partial charge in [0.05, 0.1) is 11.2 Å². The minimum absolute atomic E-state index is 0.360. The fraction of sp³-hybridized carbons (Fsp3) is 0.400. The van der Waals surface area contributed by atoms with Crippen LogP contribution in [0.5, 0.6) is 0 Å². The van der Waals surface area contributed by atoms with Crippen LogP contribution >= 0.6 is 0 Å². The fourth-order valence-corrected chi connectivity index (χ4v) is 2.95. The third kappa shape index (κ3) is 2.58. The average Bonchev–Trinajstić information content (AvgIpc) is 2.92. The predicted molar refractivity (Wildman–Crippen MR) is 99.2 cm³/mol. The van der Waals surface area contributed by atoms with Crippen molar-refractivity contribution in [1.82, 2.24) is 0 Å². The Morgan fingerprint density at radius 1 is 1.12 bits per heavy atom. The van der Waals surface area contributed by atoms with Gasteiger partial charge in [0.1, 0.15) is 11.0 Å². The molecule has 0 unspecified atom stereocenters.